The summed E-state index contributed by atoms with van der Waals surface area (Å²) in [6, 6.07) is 17.1. The summed E-state index contributed by atoms with van der Waals surface area (Å²) in [5.74, 6) is -0.223. The smallest absolute Gasteiger partial charge is 0.320 e. The minimum Gasteiger partial charge on any atom is -0.489 e. The van der Waals surface area contributed by atoms with E-state index in [0.29, 0.717) is 13.2 Å². The number of carbonyl (C=O) groups is 2. The fourth-order valence-electron chi connectivity index (χ4n) is 2.99. The number of rotatable bonds is 10. The summed E-state index contributed by atoms with van der Waals surface area (Å²) >= 11 is 0. The Bertz CT molecular complexity index is 788. The zero-order valence-corrected chi connectivity index (χ0v) is 16.0. The lowest BCUT2D eigenvalue weighted by Gasteiger charge is -2.25. The molecule has 148 valence electrons. The van der Waals surface area contributed by atoms with E-state index in [-0.39, 0.29) is 18.5 Å². The number of carboxylic acids is 1. The maximum absolute atomic E-state index is 12.2. The molecule has 6 nitrogen and oxygen atoms in total. The standard InChI is InChI=1S/C22H26N2O4/c1-16(22(26)27)24(19-11-12-19)14-21(25)23-13-17-7-9-18(10-8-17)15-28-20-5-3-2-4-6-20/h2-10,16,19H,11-15H2,1H3,(H,23,25)(H,26,27). The molecule has 1 saturated carbocycles. The van der Waals surface area contributed by atoms with E-state index in [0.717, 1.165) is 29.7 Å². The Labute approximate surface area is 165 Å². The number of hydrogen-bond acceptors (Lipinski definition) is 4. The average molecular weight is 382 g/mol. The normalized spacial score (nSPS) is 14.5. The molecule has 2 N–H and O–H groups in total. The topological polar surface area (TPSA) is 78.9 Å². The largest absolute Gasteiger partial charge is 0.489 e. The Balaban J connectivity index is 1.45. The van der Waals surface area contributed by atoms with Gasteiger partial charge >= 0.3 is 5.97 Å². The van der Waals surface area contributed by atoms with E-state index in [1.165, 1.54) is 0 Å². The van der Waals surface area contributed by atoms with Crippen molar-refractivity contribution < 1.29 is 19.4 Å². The number of nitrogens with zero attached hydrogens (tertiary/aromatic N) is 1. The van der Waals surface area contributed by atoms with Gasteiger partial charge in [-0.25, -0.2) is 0 Å². The molecule has 1 unspecified atom stereocenters. The summed E-state index contributed by atoms with van der Waals surface area (Å²) in [6.45, 7) is 2.64. The molecule has 6 heteroatoms. The van der Waals surface area contributed by atoms with Gasteiger partial charge in [0, 0.05) is 12.6 Å². The van der Waals surface area contributed by atoms with Gasteiger partial charge in [0.05, 0.1) is 6.54 Å². The highest BCUT2D eigenvalue weighted by Gasteiger charge is 2.36. The first-order valence-electron chi connectivity index (χ1n) is 9.54. The molecular formula is C22H26N2O4. The number of carboxylic acid groups (broad SMARTS) is 1. The number of ether oxygens (including phenoxy) is 1. The van der Waals surface area contributed by atoms with E-state index in [1.54, 1.807) is 11.8 Å². The Morgan fingerprint density at radius 2 is 1.75 bits per heavy atom. The second-order valence-corrected chi connectivity index (χ2v) is 7.11. The monoisotopic (exact) mass is 382 g/mol. The van der Waals surface area contributed by atoms with Crippen LogP contribution in [0.1, 0.15) is 30.9 Å². The SMILES string of the molecule is CC(C(=O)O)N(CC(=O)NCc1ccc(COc2ccccc2)cc1)C1CC1. The van der Waals surface area contributed by atoms with Gasteiger partial charge < -0.3 is 15.2 Å². The van der Waals surface area contributed by atoms with Gasteiger partial charge in [-0.2, -0.15) is 0 Å². The van der Waals surface area contributed by atoms with E-state index < -0.39 is 12.0 Å². The Kier molecular flexibility index (Phi) is 6.66. The molecule has 3 rings (SSSR count). The van der Waals surface area contributed by atoms with Crippen LogP contribution in [-0.2, 0) is 22.7 Å². The second-order valence-electron chi connectivity index (χ2n) is 7.11. The molecular weight excluding hydrogens is 356 g/mol. The fraction of sp³-hybridized carbons (Fsp3) is 0.364. The van der Waals surface area contributed by atoms with Crippen molar-refractivity contribution in [3.63, 3.8) is 0 Å². The highest BCUT2D eigenvalue weighted by molar-refractivity contribution is 5.80. The number of hydrogen-bond donors (Lipinski definition) is 2. The van der Waals surface area contributed by atoms with Crippen LogP contribution in [0.2, 0.25) is 0 Å². The third-order valence-corrected chi connectivity index (χ3v) is 4.86. The fourth-order valence-corrected chi connectivity index (χ4v) is 2.99. The van der Waals surface area contributed by atoms with Crippen molar-refractivity contribution >= 4 is 11.9 Å². The molecule has 0 aromatic heterocycles. The number of benzene rings is 2. The van der Waals surface area contributed by atoms with Gasteiger partial charge in [-0.15, -0.1) is 0 Å². The Morgan fingerprint density at radius 1 is 1.11 bits per heavy atom. The summed E-state index contributed by atoms with van der Waals surface area (Å²) < 4.78 is 5.72. The van der Waals surface area contributed by atoms with E-state index in [2.05, 4.69) is 5.32 Å². The molecule has 1 amide bonds. The van der Waals surface area contributed by atoms with Crippen molar-refractivity contribution in [3.8, 4) is 5.75 Å². The van der Waals surface area contributed by atoms with Gasteiger partial charge in [0.15, 0.2) is 0 Å². The highest BCUT2D eigenvalue weighted by atomic mass is 16.5. The van der Waals surface area contributed by atoms with Crippen LogP contribution in [0.3, 0.4) is 0 Å². The summed E-state index contributed by atoms with van der Waals surface area (Å²) in [6.07, 6.45) is 1.91. The predicted molar refractivity (Wildman–Crippen MR) is 106 cm³/mol. The molecule has 2 aromatic carbocycles. The van der Waals surface area contributed by atoms with E-state index in [9.17, 15) is 14.7 Å². The summed E-state index contributed by atoms with van der Waals surface area (Å²) in [5.41, 5.74) is 2.04. The van der Waals surface area contributed by atoms with Crippen LogP contribution in [0, 0.1) is 0 Å². The van der Waals surface area contributed by atoms with Crippen LogP contribution < -0.4 is 10.1 Å². The molecule has 0 bridgehead atoms. The lowest BCUT2D eigenvalue weighted by Crippen LogP contribution is -2.46. The lowest BCUT2D eigenvalue weighted by atomic mass is 10.1. The molecule has 0 spiro atoms. The van der Waals surface area contributed by atoms with Gasteiger partial charge in [0.25, 0.3) is 0 Å². The van der Waals surface area contributed by atoms with E-state index >= 15 is 0 Å². The Hall–Kier alpha value is -2.86. The van der Waals surface area contributed by atoms with E-state index in [4.69, 9.17) is 4.74 Å². The average Bonchev–Trinajstić information content (AvgIpc) is 3.55. The number of para-hydroxylation sites is 1. The van der Waals surface area contributed by atoms with Gasteiger partial charge in [0.2, 0.25) is 5.91 Å². The molecule has 0 aliphatic heterocycles. The third-order valence-electron chi connectivity index (χ3n) is 4.86. The van der Waals surface area contributed by atoms with Crippen molar-refractivity contribution in [2.45, 2.75) is 45.0 Å². The van der Waals surface area contributed by atoms with Crippen molar-refractivity contribution in [2.75, 3.05) is 6.54 Å². The minimum atomic E-state index is -0.895. The zero-order valence-electron chi connectivity index (χ0n) is 16.0. The molecule has 1 fully saturated rings. The van der Waals surface area contributed by atoms with Gasteiger partial charge in [-0.1, -0.05) is 42.5 Å². The van der Waals surface area contributed by atoms with Crippen LogP contribution in [-0.4, -0.2) is 40.5 Å². The molecule has 0 radical (unpaired) electrons. The van der Waals surface area contributed by atoms with Gasteiger partial charge in [-0.05, 0) is 43.0 Å². The van der Waals surface area contributed by atoms with Crippen molar-refractivity contribution in [2.24, 2.45) is 0 Å². The maximum Gasteiger partial charge on any atom is 0.320 e. The molecule has 0 saturated heterocycles. The lowest BCUT2D eigenvalue weighted by molar-refractivity contribution is -0.143. The number of aliphatic carboxylic acids is 1. The first-order chi connectivity index (χ1) is 13.5. The molecule has 2 aromatic rings. The summed E-state index contributed by atoms with van der Waals surface area (Å²) in [4.78, 5) is 25.2. The second kappa shape index (κ2) is 9.37. The number of carbonyl (C=O) groups excluding carboxylic acids is 1. The molecule has 28 heavy (non-hydrogen) atoms. The van der Waals surface area contributed by atoms with Gasteiger partial charge in [0.1, 0.15) is 18.4 Å². The van der Waals surface area contributed by atoms with Crippen molar-refractivity contribution in [1.29, 1.82) is 0 Å². The van der Waals surface area contributed by atoms with Crippen LogP contribution in [0.25, 0.3) is 0 Å². The van der Waals surface area contributed by atoms with Gasteiger partial charge in [-0.3, -0.25) is 14.5 Å². The summed E-state index contributed by atoms with van der Waals surface area (Å²) in [7, 11) is 0. The summed E-state index contributed by atoms with van der Waals surface area (Å²) in [5, 5.41) is 12.1. The van der Waals surface area contributed by atoms with Crippen LogP contribution in [0.4, 0.5) is 0 Å². The minimum absolute atomic E-state index is 0.112. The van der Waals surface area contributed by atoms with Crippen LogP contribution in [0.15, 0.2) is 54.6 Å². The third kappa shape index (κ3) is 5.82. The first-order valence-corrected chi connectivity index (χ1v) is 9.54. The first kappa shape index (κ1) is 19.9. The molecule has 1 aliphatic rings. The number of nitrogens with one attached hydrogen (secondary N) is 1. The van der Waals surface area contributed by atoms with Crippen molar-refractivity contribution in [3.05, 3.63) is 65.7 Å². The van der Waals surface area contributed by atoms with Crippen molar-refractivity contribution in [1.82, 2.24) is 10.2 Å². The quantitative estimate of drug-likeness (QED) is 0.661. The molecule has 1 aliphatic carbocycles. The predicted octanol–water partition coefficient (Wildman–Crippen LogP) is 2.82. The molecule has 1 atom stereocenters. The number of amides is 1. The van der Waals surface area contributed by atoms with E-state index in [1.807, 2.05) is 54.6 Å². The Morgan fingerprint density at radius 3 is 2.36 bits per heavy atom. The van der Waals surface area contributed by atoms with Crippen LogP contribution >= 0.6 is 0 Å². The molecule has 0 heterocycles. The highest BCUT2D eigenvalue weighted by Crippen LogP contribution is 2.28. The van der Waals surface area contributed by atoms with Crippen LogP contribution in [0.5, 0.6) is 5.75 Å². The maximum atomic E-state index is 12.2. The zero-order chi connectivity index (χ0) is 19.9.